The lowest BCUT2D eigenvalue weighted by Crippen LogP contribution is -2.25. The molecule has 0 aromatic carbocycles. The molecule has 0 unspecified atom stereocenters. The second kappa shape index (κ2) is 6.62. The van der Waals surface area contributed by atoms with Gasteiger partial charge in [-0.15, -0.1) is 0 Å². The van der Waals surface area contributed by atoms with Gasteiger partial charge in [-0.1, -0.05) is 6.92 Å². The van der Waals surface area contributed by atoms with Crippen LogP contribution in [0.3, 0.4) is 0 Å². The van der Waals surface area contributed by atoms with Crippen molar-refractivity contribution in [3.63, 3.8) is 0 Å². The molecule has 0 bridgehead atoms. The first kappa shape index (κ1) is 13.2. The lowest BCUT2D eigenvalue weighted by molar-refractivity contribution is 0.303. The third-order valence-electron chi connectivity index (χ3n) is 1.78. The highest BCUT2D eigenvalue weighted by atomic mass is 28.4. The number of rotatable bonds is 7. The van der Waals surface area contributed by atoms with Crippen LogP contribution in [-0.2, 0) is 8.89 Å². The van der Waals surface area contributed by atoms with E-state index in [4.69, 9.17) is 4.43 Å². The van der Waals surface area contributed by atoms with Gasteiger partial charge in [-0.05, 0) is 44.6 Å². The third-order valence-corrected chi connectivity index (χ3v) is 4.55. The first-order chi connectivity index (χ1) is 5.95. The van der Waals surface area contributed by atoms with Crippen molar-refractivity contribution in [3.8, 4) is 0 Å². The van der Waals surface area contributed by atoms with Crippen molar-refractivity contribution < 1.29 is 8.89 Å². The van der Waals surface area contributed by atoms with Crippen molar-refractivity contribution in [2.45, 2.75) is 51.5 Å². The first-order valence-corrected chi connectivity index (χ1v) is 10.3. The molecule has 0 aliphatic rings. The second-order valence-electron chi connectivity index (χ2n) is 4.31. The molecule has 0 saturated carbocycles. The summed E-state index contributed by atoms with van der Waals surface area (Å²) in [5, 5.41) is 0. The van der Waals surface area contributed by atoms with Gasteiger partial charge in [0.2, 0.25) is 0 Å². The fourth-order valence-corrected chi connectivity index (χ4v) is 2.73. The lowest BCUT2D eigenvalue weighted by atomic mass is 10.4. The summed E-state index contributed by atoms with van der Waals surface area (Å²) in [4.78, 5) is 0. The third kappa shape index (κ3) is 10.1. The van der Waals surface area contributed by atoms with Gasteiger partial charge in [0.25, 0.3) is 8.68 Å². The van der Waals surface area contributed by atoms with Crippen LogP contribution in [-0.4, -0.2) is 23.6 Å². The molecule has 0 amide bonds. The maximum Gasteiger partial charge on any atom is 0.276 e. The topological polar surface area (TPSA) is 26.3 Å². The van der Waals surface area contributed by atoms with Crippen molar-refractivity contribution in [1.29, 1.82) is 0 Å². The summed E-state index contributed by atoms with van der Waals surface area (Å²) in [7, 11) is -2.55. The number of hydrogen-bond acceptors (Lipinski definition) is 2. The zero-order valence-corrected chi connectivity index (χ0v) is 11.4. The van der Waals surface area contributed by atoms with E-state index in [-0.39, 0.29) is 0 Å². The van der Waals surface area contributed by atoms with Crippen LogP contribution in [0.2, 0.25) is 31.7 Å². The van der Waals surface area contributed by atoms with Crippen LogP contribution in [0.15, 0.2) is 0 Å². The van der Waals surface area contributed by atoms with E-state index in [1.807, 2.05) is 6.92 Å². The molecule has 0 spiro atoms. The lowest BCUT2D eigenvalue weighted by Gasteiger charge is -2.16. The molecule has 78 valence electrons. The Balaban J connectivity index is 3.22. The van der Waals surface area contributed by atoms with E-state index in [1.54, 1.807) is 0 Å². The Morgan fingerprint density at radius 2 is 1.85 bits per heavy atom. The van der Waals surface area contributed by atoms with E-state index in [2.05, 4.69) is 19.6 Å². The summed E-state index contributed by atoms with van der Waals surface area (Å²) < 4.78 is 16.8. The largest absolute Gasteiger partial charge is 0.418 e. The molecule has 0 aliphatic carbocycles. The quantitative estimate of drug-likeness (QED) is 0.485. The average molecular weight is 218 g/mol. The Kier molecular flexibility index (Phi) is 6.72. The van der Waals surface area contributed by atoms with E-state index in [9.17, 15) is 4.46 Å². The molecular weight excluding hydrogens is 196 g/mol. The van der Waals surface area contributed by atoms with Gasteiger partial charge in [0, 0.05) is 6.61 Å². The number of hydrogen-bond donors (Lipinski definition) is 0. The summed E-state index contributed by atoms with van der Waals surface area (Å²) in [5.74, 6) is 0. The second-order valence-corrected chi connectivity index (χ2v) is 11.1. The summed E-state index contributed by atoms with van der Waals surface area (Å²) in [5.41, 5.74) is 0. The van der Waals surface area contributed by atoms with Crippen LogP contribution < -0.4 is 0 Å². The summed E-state index contributed by atoms with van der Waals surface area (Å²) in [6, 6.07) is 1.77. The average Bonchev–Trinajstić information content (AvgIpc) is 2.01. The molecule has 0 saturated heterocycles. The van der Waals surface area contributed by atoms with Gasteiger partial charge >= 0.3 is 0 Å². The van der Waals surface area contributed by atoms with E-state index in [0.29, 0.717) is 0 Å². The van der Waals surface area contributed by atoms with E-state index in [1.165, 1.54) is 0 Å². The minimum Gasteiger partial charge on any atom is -0.418 e. The van der Waals surface area contributed by atoms with Crippen molar-refractivity contribution in [3.05, 3.63) is 0 Å². The molecule has 0 rings (SSSR count). The van der Waals surface area contributed by atoms with Crippen LogP contribution in [0, 0.1) is 0 Å². The van der Waals surface area contributed by atoms with Gasteiger partial charge in [0.05, 0.1) is 0 Å². The minimum atomic E-state index is -1.31. The normalized spacial score (nSPS) is 11.7. The maximum absolute atomic E-state index is 11.1. The van der Waals surface area contributed by atoms with Crippen LogP contribution in [0.5, 0.6) is 0 Å². The number of unbranched alkanes of at least 4 members (excludes halogenated alkanes) is 1. The van der Waals surface area contributed by atoms with Crippen LogP contribution in [0.4, 0.5) is 0 Å². The van der Waals surface area contributed by atoms with Gasteiger partial charge in [-0.2, -0.15) is 0 Å². The molecular formula is C9H22O2Si2. The molecule has 0 aromatic rings. The highest BCUT2D eigenvalue weighted by Crippen LogP contribution is 2.06. The molecule has 0 N–H and O–H groups in total. The zero-order chi connectivity index (χ0) is 10.3. The summed E-state index contributed by atoms with van der Waals surface area (Å²) >= 11 is 0. The Bertz CT molecular complexity index is 152. The van der Waals surface area contributed by atoms with E-state index in [0.717, 1.165) is 31.5 Å². The Morgan fingerprint density at radius 1 is 1.23 bits per heavy atom. The molecule has 4 heteroatoms. The van der Waals surface area contributed by atoms with Gasteiger partial charge in [-0.25, -0.2) is 0 Å². The van der Waals surface area contributed by atoms with Gasteiger partial charge in [0.1, 0.15) is 0 Å². The smallest absolute Gasteiger partial charge is 0.276 e. The van der Waals surface area contributed by atoms with Crippen LogP contribution in [0.25, 0.3) is 0 Å². The fourth-order valence-electron chi connectivity index (χ4n) is 0.979. The molecule has 0 radical (unpaired) electrons. The van der Waals surface area contributed by atoms with Crippen LogP contribution >= 0.6 is 0 Å². The zero-order valence-electron chi connectivity index (χ0n) is 9.35. The summed E-state index contributed by atoms with van der Waals surface area (Å²) in [6.07, 6.45) is 2.14. The highest BCUT2D eigenvalue weighted by Gasteiger charge is 2.13. The molecule has 0 aromatic heterocycles. The monoisotopic (exact) mass is 218 g/mol. The molecule has 0 atom stereocenters. The summed E-state index contributed by atoms with van der Waals surface area (Å²) in [6.45, 7) is 9.44. The van der Waals surface area contributed by atoms with E-state index >= 15 is 0 Å². The molecule has 13 heavy (non-hydrogen) atoms. The van der Waals surface area contributed by atoms with Crippen molar-refractivity contribution in [2.75, 3.05) is 6.61 Å². The van der Waals surface area contributed by atoms with Gasteiger partial charge < -0.3 is 8.89 Å². The van der Waals surface area contributed by atoms with Gasteiger partial charge in [-0.3, -0.25) is 0 Å². The highest BCUT2D eigenvalue weighted by molar-refractivity contribution is 6.69. The molecule has 0 heterocycles. The minimum absolute atomic E-state index is 0.856. The first-order valence-electron chi connectivity index (χ1n) is 5.11. The molecule has 0 fully saturated rings. The SMILES string of the molecule is CC[Si](=O)CCCCO[Si](C)(C)C. The van der Waals surface area contributed by atoms with Crippen LogP contribution in [0.1, 0.15) is 19.8 Å². The predicted molar refractivity (Wildman–Crippen MR) is 60.3 cm³/mol. The Morgan fingerprint density at radius 3 is 2.31 bits per heavy atom. The maximum atomic E-state index is 11.1. The molecule has 2 nitrogen and oxygen atoms in total. The van der Waals surface area contributed by atoms with Crippen molar-refractivity contribution in [2.24, 2.45) is 0 Å². The molecule has 0 aliphatic heterocycles. The predicted octanol–water partition coefficient (Wildman–Crippen LogP) is 3.06. The fraction of sp³-hybridized carbons (Fsp3) is 1.00. The Hall–Kier alpha value is 0.194. The van der Waals surface area contributed by atoms with E-state index < -0.39 is 17.0 Å². The standard InChI is InChI=1S/C9H22O2Si2/c1-5-12(10)9-7-6-8-11-13(2,3)4/h5-9H2,1-4H3. The van der Waals surface area contributed by atoms with Gasteiger partial charge in [0.15, 0.2) is 8.32 Å². The van der Waals surface area contributed by atoms with Crippen molar-refractivity contribution >= 4 is 17.0 Å². The van der Waals surface area contributed by atoms with Crippen molar-refractivity contribution in [1.82, 2.24) is 0 Å². The Labute approximate surface area is 84.5 Å².